The number of hydrogen-bond donors (Lipinski definition) is 0. The molecule has 2 aliphatic heterocycles. The zero-order valence-electron chi connectivity index (χ0n) is 11.0. The highest BCUT2D eigenvalue weighted by atomic mass is 16.6. The van der Waals surface area contributed by atoms with Gasteiger partial charge in [0, 0.05) is 32.7 Å². The van der Waals surface area contributed by atoms with E-state index in [0.717, 1.165) is 25.6 Å². The quantitative estimate of drug-likeness (QED) is 0.749. The highest BCUT2D eigenvalue weighted by Gasteiger charge is 2.43. The second kappa shape index (κ2) is 4.87. The Kier molecular flexibility index (Phi) is 3.42. The molecule has 3 aliphatic rings. The Morgan fingerprint density at radius 2 is 2.06 bits per heavy atom. The van der Waals surface area contributed by atoms with Crippen LogP contribution in [-0.4, -0.2) is 49.5 Å². The van der Waals surface area contributed by atoms with Crippen molar-refractivity contribution in [3.8, 4) is 0 Å². The van der Waals surface area contributed by atoms with Crippen LogP contribution in [0.15, 0.2) is 0 Å². The standard InChI is InChI=1S/C14H25NO2/c1-2-16-13-9-14(17-11-13)5-7-15(8-6-14)10-12-3-4-12/h12-13H,2-11H2,1H3/t13-/m1/s1. The lowest BCUT2D eigenvalue weighted by molar-refractivity contribution is -0.0456. The monoisotopic (exact) mass is 239 g/mol. The van der Waals surface area contributed by atoms with Gasteiger partial charge in [-0.1, -0.05) is 0 Å². The van der Waals surface area contributed by atoms with Gasteiger partial charge in [0.1, 0.15) is 0 Å². The fourth-order valence-electron chi connectivity index (χ4n) is 3.30. The lowest BCUT2D eigenvalue weighted by Crippen LogP contribution is -2.44. The van der Waals surface area contributed by atoms with Crippen LogP contribution in [0.4, 0.5) is 0 Å². The van der Waals surface area contributed by atoms with Gasteiger partial charge in [0.25, 0.3) is 0 Å². The summed E-state index contributed by atoms with van der Waals surface area (Å²) in [6.07, 6.45) is 6.83. The van der Waals surface area contributed by atoms with Gasteiger partial charge in [0.05, 0.1) is 18.3 Å². The normalized spacial score (nSPS) is 33.4. The molecule has 0 radical (unpaired) electrons. The van der Waals surface area contributed by atoms with E-state index in [2.05, 4.69) is 11.8 Å². The van der Waals surface area contributed by atoms with Gasteiger partial charge in [-0.15, -0.1) is 0 Å². The topological polar surface area (TPSA) is 21.7 Å². The predicted molar refractivity (Wildman–Crippen MR) is 67.1 cm³/mol. The molecule has 2 heterocycles. The first kappa shape index (κ1) is 11.9. The molecule has 0 bridgehead atoms. The molecule has 98 valence electrons. The van der Waals surface area contributed by atoms with Gasteiger partial charge in [-0.2, -0.15) is 0 Å². The van der Waals surface area contributed by atoms with Crippen molar-refractivity contribution in [1.29, 1.82) is 0 Å². The lowest BCUT2D eigenvalue weighted by Gasteiger charge is -2.38. The van der Waals surface area contributed by atoms with Crippen LogP contribution in [0.5, 0.6) is 0 Å². The number of piperidine rings is 1. The summed E-state index contributed by atoms with van der Waals surface area (Å²) in [6.45, 7) is 7.51. The smallest absolute Gasteiger partial charge is 0.0836 e. The number of rotatable bonds is 4. The van der Waals surface area contributed by atoms with E-state index in [1.165, 1.54) is 45.3 Å². The number of likely N-dealkylation sites (tertiary alicyclic amines) is 1. The van der Waals surface area contributed by atoms with E-state index < -0.39 is 0 Å². The molecular formula is C14H25NO2. The van der Waals surface area contributed by atoms with Crippen LogP contribution >= 0.6 is 0 Å². The highest BCUT2D eigenvalue weighted by Crippen LogP contribution is 2.38. The number of hydrogen-bond acceptors (Lipinski definition) is 3. The molecular weight excluding hydrogens is 214 g/mol. The zero-order chi connectivity index (χ0) is 11.7. The lowest BCUT2D eigenvalue weighted by atomic mass is 9.88. The first-order chi connectivity index (χ1) is 8.30. The molecule has 3 rings (SSSR count). The first-order valence-corrected chi connectivity index (χ1v) is 7.27. The maximum absolute atomic E-state index is 6.06. The van der Waals surface area contributed by atoms with E-state index in [0.29, 0.717) is 6.10 Å². The van der Waals surface area contributed by atoms with Gasteiger partial charge in [-0.3, -0.25) is 0 Å². The maximum Gasteiger partial charge on any atom is 0.0836 e. The minimum atomic E-state index is 0.167. The second-order valence-electron chi connectivity index (χ2n) is 6.02. The van der Waals surface area contributed by atoms with Crippen molar-refractivity contribution < 1.29 is 9.47 Å². The fourth-order valence-corrected chi connectivity index (χ4v) is 3.30. The van der Waals surface area contributed by atoms with Crippen molar-refractivity contribution in [3.63, 3.8) is 0 Å². The molecule has 3 fully saturated rings. The van der Waals surface area contributed by atoms with E-state index in [9.17, 15) is 0 Å². The third-order valence-corrected chi connectivity index (χ3v) is 4.56. The molecule has 2 saturated heterocycles. The molecule has 0 amide bonds. The molecule has 1 aliphatic carbocycles. The summed E-state index contributed by atoms with van der Waals surface area (Å²) in [6, 6.07) is 0. The molecule has 3 nitrogen and oxygen atoms in total. The summed E-state index contributed by atoms with van der Waals surface area (Å²) in [5.74, 6) is 1.02. The van der Waals surface area contributed by atoms with Gasteiger partial charge in [0.15, 0.2) is 0 Å². The summed E-state index contributed by atoms with van der Waals surface area (Å²) < 4.78 is 11.8. The summed E-state index contributed by atoms with van der Waals surface area (Å²) in [7, 11) is 0. The van der Waals surface area contributed by atoms with E-state index in [-0.39, 0.29) is 5.60 Å². The maximum atomic E-state index is 6.06. The summed E-state index contributed by atoms with van der Waals surface area (Å²) in [4.78, 5) is 2.64. The summed E-state index contributed by atoms with van der Waals surface area (Å²) in [5, 5.41) is 0. The van der Waals surface area contributed by atoms with E-state index in [4.69, 9.17) is 9.47 Å². The Labute approximate surface area is 104 Å². The van der Waals surface area contributed by atoms with Crippen molar-refractivity contribution in [2.75, 3.05) is 32.8 Å². The van der Waals surface area contributed by atoms with Crippen molar-refractivity contribution in [2.24, 2.45) is 5.92 Å². The third-order valence-electron chi connectivity index (χ3n) is 4.56. The van der Waals surface area contributed by atoms with Gasteiger partial charge in [-0.05, 0) is 38.5 Å². The third kappa shape index (κ3) is 2.83. The minimum Gasteiger partial charge on any atom is -0.376 e. The van der Waals surface area contributed by atoms with Gasteiger partial charge in [-0.25, -0.2) is 0 Å². The Hall–Kier alpha value is -0.120. The van der Waals surface area contributed by atoms with Crippen LogP contribution in [0, 0.1) is 5.92 Å². The minimum absolute atomic E-state index is 0.167. The zero-order valence-corrected chi connectivity index (χ0v) is 11.0. The van der Waals surface area contributed by atoms with Gasteiger partial charge in [0.2, 0.25) is 0 Å². The molecule has 0 aromatic heterocycles. The molecule has 0 aromatic carbocycles. The van der Waals surface area contributed by atoms with Gasteiger partial charge >= 0.3 is 0 Å². The molecule has 1 spiro atoms. The summed E-state index contributed by atoms with van der Waals surface area (Å²) >= 11 is 0. The molecule has 0 aromatic rings. The average Bonchev–Trinajstić information content (AvgIpc) is 3.06. The Balaban J connectivity index is 1.46. The molecule has 1 saturated carbocycles. The molecule has 1 atom stereocenters. The van der Waals surface area contributed by atoms with Crippen molar-refractivity contribution in [3.05, 3.63) is 0 Å². The van der Waals surface area contributed by atoms with E-state index >= 15 is 0 Å². The van der Waals surface area contributed by atoms with Crippen LogP contribution in [0.25, 0.3) is 0 Å². The Bertz CT molecular complexity index is 257. The average molecular weight is 239 g/mol. The van der Waals surface area contributed by atoms with Crippen molar-refractivity contribution in [2.45, 2.75) is 50.7 Å². The van der Waals surface area contributed by atoms with Crippen LogP contribution in [-0.2, 0) is 9.47 Å². The largest absolute Gasteiger partial charge is 0.376 e. The molecule has 17 heavy (non-hydrogen) atoms. The second-order valence-corrected chi connectivity index (χ2v) is 6.02. The Morgan fingerprint density at radius 3 is 2.71 bits per heavy atom. The first-order valence-electron chi connectivity index (χ1n) is 7.27. The fraction of sp³-hybridized carbons (Fsp3) is 1.00. The van der Waals surface area contributed by atoms with Crippen molar-refractivity contribution >= 4 is 0 Å². The highest BCUT2D eigenvalue weighted by molar-refractivity contribution is 4.95. The van der Waals surface area contributed by atoms with Crippen LogP contribution in [0.3, 0.4) is 0 Å². The van der Waals surface area contributed by atoms with E-state index in [1.54, 1.807) is 0 Å². The molecule has 0 unspecified atom stereocenters. The van der Waals surface area contributed by atoms with Gasteiger partial charge < -0.3 is 14.4 Å². The van der Waals surface area contributed by atoms with Crippen LogP contribution < -0.4 is 0 Å². The van der Waals surface area contributed by atoms with Crippen LogP contribution in [0.2, 0.25) is 0 Å². The SMILES string of the molecule is CCO[C@H]1COC2(CCN(CC3CC3)CC2)C1. The van der Waals surface area contributed by atoms with Crippen molar-refractivity contribution in [1.82, 2.24) is 4.90 Å². The van der Waals surface area contributed by atoms with Crippen LogP contribution in [0.1, 0.15) is 39.0 Å². The Morgan fingerprint density at radius 1 is 1.29 bits per heavy atom. The summed E-state index contributed by atoms with van der Waals surface area (Å²) in [5.41, 5.74) is 0.167. The number of nitrogens with zero attached hydrogens (tertiary/aromatic N) is 1. The predicted octanol–water partition coefficient (Wildman–Crippen LogP) is 2.06. The molecule has 3 heteroatoms. The molecule has 0 N–H and O–H groups in total. The number of ether oxygens (including phenoxy) is 2. The van der Waals surface area contributed by atoms with E-state index in [1.807, 2.05) is 0 Å².